The molecule has 0 amide bonds. The van der Waals surface area contributed by atoms with Gasteiger partial charge in [0.25, 0.3) is 0 Å². The van der Waals surface area contributed by atoms with E-state index in [2.05, 4.69) is 19.8 Å². The van der Waals surface area contributed by atoms with Crippen molar-refractivity contribution >= 4 is 28.6 Å². The third-order valence-corrected chi connectivity index (χ3v) is 5.83. The third kappa shape index (κ3) is 4.03. The molecule has 9 heteroatoms. The third-order valence-electron chi connectivity index (χ3n) is 5.66. The van der Waals surface area contributed by atoms with Crippen LogP contribution in [0.4, 0.5) is 5.82 Å². The van der Waals surface area contributed by atoms with Crippen LogP contribution in [0.1, 0.15) is 25.6 Å². The minimum Gasteiger partial charge on any atom is -0.390 e. The van der Waals surface area contributed by atoms with Gasteiger partial charge in [-0.25, -0.2) is 4.98 Å². The summed E-state index contributed by atoms with van der Waals surface area (Å²) in [5.41, 5.74) is 1.06. The van der Waals surface area contributed by atoms with Gasteiger partial charge in [0.1, 0.15) is 5.82 Å². The predicted octanol–water partition coefficient (Wildman–Crippen LogP) is 1.24. The molecule has 0 radical (unpaired) electrons. The number of rotatable bonds is 4. The van der Waals surface area contributed by atoms with Crippen molar-refractivity contribution in [3.63, 3.8) is 0 Å². The van der Waals surface area contributed by atoms with Crippen molar-refractivity contribution in [3.8, 4) is 0 Å². The molecule has 0 atom stereocenters. The molecule has 8 nitrogen and oxygen atoms in total. The molecule has 2 saturated heterocycles. The molecule has 0 bridgehead atoms. The van der Waals surface area contributed by atoms with Crippen molar-refractivity contribution in [3.05, 3.63) is 11.1 Å². The lowest BCUT2D eigenvalue weighted by Crippen LogP contribution is -2.43. The molecule has 0 saturated carbocycles. The molecule has 4 heterocycles. The first kappa shape index (κ1) is 18.9. The smallest absolute Gasteiger partial charge is 0.226 e. The van der Waals surface area contributed by atoms with Crippen LogP contribution in [0.15, 0.2) is 0 Å². The fraction of sp³-hybridized carbons (Fsp3) is 0.722. The second kappa shape index (κ2) is 7.50. The summed E-state index contributed by atoms with van der Waals surface area (Å²) in [6, 6.07) is 0. The van der Waals surface area contributed by atoms with Gasteiger partial charge in [0.2, 0.25) is 5.28 Å². The summed E-state index contributed by atoms with van der Waals surface area (Å²) in [7, 11) is 1.98. The Balaban J connectivity index is 1.54. The molecule has 4 rings (SSSR count). The van der Waals surface area contributed by atoms with Crippen LogP contribution in [-0.4, -0.2) is 81.1 Å². The van der Waals surface area contributed by atoms with E-state index < -0.39 is 5.60 Å². The van der Waals surface area contributed by atoms with Crippen LogP contribution in [0.25, 0.3) is 11.2 Å². The van der Waals surface area contributed by atoms with E-state index >= 15 is 0 Å². The highest BCUT2D eigenvalue weighted by Gasteiger charge is 2.27. The number of hydrogen-bond acceptors (Lipinski definition) is 7. The number of aliphatic hydroxyl groups is 1. The average Bonchev–Trinajstić information content (AvgIpc) is 2.97. The number of morpholine rings is 1. The van der Waals surface area contributed by atoms with Crippen LogP contribution in [0.2, 0.25) is 5.28 Å². The summed E-state index contributed by atoms with van der Waals surface area (Å²) in [4.78, 5) is 18.3. The molecule has 2 aromatic heterocycles. The van der Waals surface area contributed by atoms with Gasteiger partial charge >= 0.3 is 0 Å². The molecule has 1 N–H and O–H groups in total. The monoisotopic (exact) mass is 394 g/mol. The number of likely N-dealkylation sites (tertiary alicyclic amines) is 1. The zero-order chi connectivity index (χ0) is 19.0. The van der Waals surface area contributed by atoms with E-state index in [-0.39, 0.29) is 5.28 Å². The summed E-state index contributed by atoms with van der Waals surface area (Å²) in [6.45, 7) is 7.60. The molecule has 0 unspecified atom stereocenters. The number of halogens is 1. The Morgan fingerprint density at radius 3 is 2.52 bits per heavy atom. The number of aryl methyl sites for hydroxylation is 1. The summed E-state index contributed by atoms with van der Waals surface area (Å²) in [5.74, 6) is 1.78. The van der Waals surface area contributed by atoms with E-state index in [9.17, 15) is 5.11 Å². The number of ether oxygens (including phenoxy) is 1. The Hall–Kier alpha value is -1.48. The van der Waals surface area contributed by atoms with Crippen LogP contribution >= 0.6 is 11.6 Å². The maximum atomic E-state index is 10.1. The molecule has 0 aliphatic carbocycles. The van der Waals surface area contributed by atoms with Crippen LogP contribution in [-0.2, 0) is 18.2 Å². The molecule has 27 heavy (non-hydrogen) atoms. The zero-order valence-corrected chi connectivity index (χ0v) is 16.7. The minimum atomic E-state index is -0.520. The van der Waals surface area contributed by atoms with Gasteiger partial charge in [-0.1, -0.05) is 0 Å². The van der Waals surface area contributed by atoms with E-state index in [0.29, 0.717) is 13.2 Å². The summed E-state index contributed by atoms with van der Waals surface area (Å²) in [6.07, 6.45) is 2.46. The summed E-state index contributed by atoms with van der Waals surface area (Å²) >= 11 is 6.20. The molecule has 2 aromatic rings. The predicted molar refractivity (Wildman–Crippen MR) is 104 cm³/mol. The highest BCUT2D eigenvalue weighted by Crippen LogP contribution is 2.27. The van der Waals surface area contributed by atoms with Crippen molar-refractivity contribution in [1.82, 2.24) is 24.4 Å². The van der Waals surface area contributed by atoms with E-state index in [1.54, 1.807) is 0 Å². The number of imidazole rings is 1. The van der Waals surface area contributed by atoms with Gasteiger partial charge in [-0.3, -0.25) is 0 Å². The zero-order valence-electron chi connectivity index (χ0n) is 16.0. The van der Waals surface area contributed by atoms with Crippen LogP contribution in [0.5, 0.6) is 0 Å². The van der Waals surface area contributed by atoms with E-state index in [1.807, 2.05) is 18.5 Å². The Morgan fingerprint density at radius 2 is 1.81 bits per heavy atom. The van der Waals surface area contributed by atoms with Gasteiger partial charge in [-0.2, -0.15) is 9.97 Å². The fourth-order valence-corrected chi connectivity index (χ4v) is 3.96. The number of fused-ring (bicyclic) bond motifs is 1. The number of anilines is 1. The molecule has 0 spiro atoms. The number of piperidine rings is 1. The highest BCUT2D eigenvalue weighted by atomic mass is 35.5. The van der Waals surface area contributed by atoms with Gasteiger partial charge in [-0.05, 0) is 31.4 Å². The van der Waals surface area contributed by atoms with E-state index in [4.69, 9.17) is 21.3 Å². The first-order chi connectivity index (χ1) is 12.9. The largest absolute Gasteiger partial charge is 0.390 e. The maximum Gasteiger partial charge on any atom is 0.226 e. The molecule has 0 aromatic carbocycles. The van der Waals surface area contributed by atoms with Gasteiger partial charge < -0.3 is 24.2 Å². The van der Waals surface area contributed by atoms with Crippen molar-refractivity contribution in [2.45, 2.75) is 31.8 Å². The second-order valence-electron chi connectivity index (χ2n) is 7.76. The lowest BCUT2D eigenvalue weighted by atomic mass is 9.94. The standard InChI is InChI=1S/C18H27ClN6O2/c1-18(26)4-7-24(8-5-18)6-3-13-20-14-15(23(13)2)21-17(19)22-16(14)25-9-11-27-12-10-25/h26H,3-12H2,1-2H3. The fourth-order valence-electron chi connectivity index (χ4n) is 3.80. The lowest BCUT2D eigenvalue weighted by molar-refractivity contribution is -0.00503. The minimum absolute atomic E-state index is 0.247. The number of aromatic nitrogens is 4. The molecule has 2 aliphatic heterocycles. The topological polar surface area (TPSA) is 79.5 Å². The van der Waals surface area contributed by atoms with E-state index in [0.717, 1.165) is 74.8 Å². The van der Waals surface area contributed by atoms with Crippen molar-refractivity contribution in [1.29, 1.82) is 0 Å². The van der Waals surface area contributed by atoms with Crippen LogP contribution in [0, 0.1) is 0 Å². The Bertz CT molecular complexity index is 808. The van der Waals surface area contributed by atoms with Gasteiger partial charge in [0.15, 0.2) is 17.0 Å². The van der Waals surface area contributed by atoms with Crippen LogP contribution in [0.3, 0.4) is 0 Å². The van der Waals surface area contributed by atoms with Gasteiger partial charge in [0, 0.05) is 46.2 Å². The first-order valence-electron chi connectivity index (χ1n) is 9.59. The first-order valence-corrected chi connectivity index (χ1v) is 9.97. The normalized spacial score (nSPS) is 21.1. The Labute approximate surface area is 164 Å². The SMILES string of the molecule is Cn1c(CCN2CCC(C)(O)CC2)nc2c(N3CCOCC3)nc(Cl)nc21. The molecule has 2 fully saturated rings. The average molecular weight is 395 g/mol. The molecule has 148 valence electrons. The Kier molecular flexibility index (Phi) is 5.24. The lowest BCUT2D eigenvalue weighted by Gasteiger charge is -2.35. The number of nitrogens with zero attached hydrogens (tertiary/aromatic N) is 6. The second-order valence-corrected chi connectivity index (χ2v) is 8.10. The van der Waals surface area contributed by atoms with E-state index in [1.165, 1.54) is 0 Å². The molecule has 2 aliphatic rings. The van der Waals surface area contributed by atoms with Crippen molar-refractivity contribution in [2.24, 2.45) is 7.05 Å². The van der Waals surface area contributed by atoms with Gasteiger partial charge in [-0.15, -0.1) is 0 Å². The maximum absolute atomic E-state index is 10.1. The molecular weight excluding hydrogens is 368 g/mol. The number of hydrogen-bond donors (Lipinski definition) is 1. The quantitative estimate of drug-likeness (QED) is 0.781. The van der Waals surface area contributed by atoms with Crippen molar-refractivity contribution < 1.29 is 9.84 Å². The van der Waals surface area contributed by atoms with Crippen molar-refractivity contribution in [2.75, 3.05) is 50.8 Å². The molecular formula is C18H27ClN6O2. The summed E-state index contributed by atoms with van der Waals surface area (Å²) in [5, 5.41) is 10.4. The summed E-state index contributed by atoms with van der Waals surface area (Å²) < 4.78 is 7.47. The van der Waals surface area contributed by atoms with Crippen LogP contribution < -0.4 is 4.90 Å². The van der Waals surface area contributed by atoms with Gasteiger partial charge in [0.05, 0.1) is 18.8 Å². The Morgan fingerprint density at radius 1 is 1.11 bits per heavy atom. The highest BCUT2D eigenvalue weighted by molar-refractivity contribution is 6.28.